The zero-order valence-corrected chi connectivity index (χ0v) is 10.2. The van der Waals surface area contributed by atoms with E-state index in [2.05, 4.69) is 29.8 Å². The fourth-order valence-electron chi connectivity index (χ4n) is 1.07. The average molecular weight is 258 g/mol. The molecule has 78 valence electrons. The Hall–Kier alpha value is -0.700. The minimum atomic E-state index is 0.652. The molecule has 0 heterocycles. The number of ether oxygens (including phenoxy) is 1. The lowest BCUT2D eigenvalue weighted by atomic mass is 10.1. The molecule has 2 nitrogen and oxygen atoms in total. The Labute approximate surface area is 93.6 Å². The van der Waals surface area contributed by atoms with Crippen LogP contribution in [0.3, 0.4) is 0 Å². The number of nitrogens with two attached hydrogens (primary N) is 1. The highest BCUT2D eigenvalue weighted by atomic mass is 79.9. The molecule has 0 saturated heterocycles. The van der Waals surface area contributed by atoms with Gasteiger partial charge in [0.25, 0.3) is 0 Å². The van der Waals surface area contributed by atoms with Crippen molar-refractivity contribution in [2.24, 2.45) is 5.92 Å². The number of anilines is 1. The van der Waals surface area contributed by atoms with E-state index in [0.29, 0.717) is 18.2 Å². The highest BCUT2D eigenvalue weighted by molar-refractivity contribution is 9.10. The molecule has 0 radical (unpaired) electrons. The summed E-state index contributed by atoms with van der Waals surface area (Å²) in [7, 11) is 0. The molecular weight excluding hydrogens is 242 g/mol. The number of rotatable bonds is 4. The van der Waals surface area contributed by atoms with Crippen LogP contribution >= 0.6 is 15.9 Å². The zero-order chi connectivity index (χ0) is 10.6. The third kappa shape index (κ3) is 3.22. The Morgan fingerprint density at radius 1 is 1.43 bits per heavy atom. The summed E-state index contributed by atoms with van der Waals surface area (Å²) in [6.07, 6.45) is 1.04. The summed E-state index contributed by atoms with van der Waals surface area (Å²) in [6, 6.07) is 5.67. The second kappa shape index (κ2) is 5.25. The second-order valence-electron chi connectivity index (χ2n) is 3.69. The standard InChI is InChI=1S/C11H16BrNO/c1-8(2)6-7-14-11-9(12)4-3-5-10(11)13/h3-5,8H,6-7,13H2,1-2H3. The van der Waals surface area contributed by atoms with E-state index in [4.69, 9.17) is 10.5 Å². The molecule has 0 saturated carbocycles. The maximum atomic E-state index is 5.78. The Morgan fingerprint density at radius 3 is 2.71 bits per heavy atom. The molecule has 0 unspecified atom stereocenters. The second-order valence-corrected chi connectivity index (χ2v) is 4.54. The fourth-order valence-corrected chi connectivity index (χ4v) is 1.57. The normalized spacial score (nSPS) is 10.6. The monoisotopic (exact) mass is 257 g/mol. The van der Waals surface area contributed by atoms with E-state index in [1.807, 2.05) is 18.2 Å². The quantitative estimate of drug-likeness (QED) is 0.839. The molecule has 3 heteroatoms. The van der Waals surface area contributed by atoms with Gasteiger partial charge in [0, 0.05) is 0 Å². The van der Waals surface area contributed by atoms with Gasteiger partial charge in [0.2, 0.25) is 0 Å². The highest BCUT2D eigenvalue weighted by Gasteiger charge is 2.04. The van der Waals surface area contributed by atoms with E-state index in [9.17, 15) is 0 Å². The van der Waals surface area contributed by atoms with Crippen molar-refractivity contribution in [3.63, 3.8) is 0 Å². The predicted octanol–water partition coefficient (Wildman–Crippen LogP) is 3.46. The van der Waals surface area contributed by atoms with E-state index in [-0.39, 0.29) is 0 Å². The molecule has 0 bridgehead atoms. The minimum Gasteiger partial charge on any atom is -0.490 e. The van der Waals surface area contributed by atoms with Crippen LogP contribution in [0.25, 0.3) is 0 Å². The van der Waals surface area contributed by atoms with Gasteiger partial charge in [-0.25, -0.2) is 0 Å². The predicted molar refractivity (Wildman–Crippen MR) is 63.5 cm³/mol. The van der Waals surface area contributed by atoms with Gasteiger partial charge in [0.1, 0.15) is 0 Å². The Morgan fingerprint density at radius 2 is 2.14 bits per heavy atom. The van der Waals surface area contributed by atoms with Gasteiger partial charge in [0.05, 0.1) is 16.8 Å². The van der Waals surface area contributed by atoms with Crippen LogP contribution in [-0.2, 0) is 0 Å². The number of nitrogen functional groups attached to an aromatic ring is 1. The van der Waals surface area contributed by atoms with Gasteiger partial charge in [-0.2, -0.15) is 0 Å². The molecule has 0 aliphatic rings. The molecule has 0 aliphatic heterocycles. The summed E-state index contributed by atoms with van der Waals surface area (Å²) < 4.78 is 6.52. The molecular formula is C11H16BrNO. The van der Waals surface area contributed by atoms with E-state index < -0.39 is 0 Å². The van der Waals surface area contributed by atoms with Crippen molar-refractivity contribution in [1.29, 1.82) is 0 Å². The molecule has 1 aromatic rings. The van der Waals surface area contributed by atoms with E-state index in [1.165, 1.54) is 0 Å². The van der Waals surface area contributed by atoms with Crippen molar-refractivity contribution in [2.45, 2.75) is 20.3 Å². The number of halogens is 1. The molecule has 2 N–H and O–H groups in total. The van der Waals surface area contributed by atoms with Gasteiger partial charge in [-0.1, -0.05) is 19.9 Å². The van der Waals surface area contributed by atoms with Crippen LogP contribution in [0, 0.1) is 5.92 Å². The average Bonchev–Trinajstić information content (AvgIpc) is 2.09. The lowest BCUT2D eigenvalue weighted by Gasteiger charge is -2.11. The SMILES string of the molecule is CC(C)CCOc1c(N)cccc1Br. The zero-order valence-electron chi connectivity index (χ0n) is 8.59. The van der Waals surface area contributed by atoms with Crippen molar-refractivity contribution in [3.8, 4) is 5.75 Å². The largest absolute Gasteiger partial charge is 0.490 e. The molecule has 0 amide bonds. The van der Waals surface area contributed by atoms with Crippen LogP contribution in [0.15, 0.2) is 22.7 Å². The topological polar surface area (TPSA) is 35.2 Å². The molecule has 0 fully saturated rings. The molecule has 0 aromatic heterocycles. The summed E-state index contributed by atoms with van der Waals surface area (Å²) in [6.45, 7) is 5.06. The summed E-state index contributed by atoms with van der Waals surface area (Å²) in [4.78, 5) is 0. The third-order valence-electron chi connectivity index (χ3n) is 1.94. The molecule has 1 rings (SSSR count). The van der Waals surface area contributed by atoms with Crippen LogP contribution in [0.2, 0.25) is 0 Å². The maximum Gasteiger partial charge on any atom is 0.156 e. The number of hydrogen-bond donors (Lipinski definition) is 1. The fraction of sp³-hybridized carbons (Fsp3) is 0.455. The molecule has 1 aromatic carbocycles. The first-order chi connectivity index (χ1) is 6.61. The van der Waals surface area contributed by atoms with E-state index >= 15 is 0 Å². The van der Waals surface area contributed by atoms with Gasteiger partial charge in [-0.15, -0.1) is 0 Å². The van der Waals surface area contributed by atoms with Crippen molar-refractivity contribution >= 4 is 21.6 Å². The molecule has 0 atom stereocenters. The Balaban J connectivity index is 2.58. The summed E-state index contributed by atoms with van der Waals surface area (Å²) in [5.41, 5.74) is 6.47. The van der Waals surface area contributed by atoms with Crippen molar-refractivity contribution < 1.29 is 4.74 Å². The van der Waals surface area contributed by atoms with Crippen LogP contribution in [0.5, 0.6) is 5.75 Å². The first kappa shape index (κ1) is 11.4. The number of hydrogen-bond acceptors (Lipinski definition) is 2. The lowest BCUT2D eigenvalue weighted by Crippen LogP contribution is -2.03. The van der Waals surface area contributed by atoms with Crippen molar-refractivity contribution in [2.75, 3.05) is 12.3 Å². The van der Waals surface area contributed by atoms with Crippen LogP contribution in [0.1, 0.15) is 20.3 Å². The number of para-hydroxylation sites is 1. The van der Waals surface area contributed by atoms with Crippen molar-refractivity contribution in [1.82, 2.24) is 0 Å². The lowest BCUT2D eigenvalue weighted by molar-refractivity contribution is 0.289. The molecule has 14 heavy (non-hydrogen) atoms. The number of benzene rings is 1. The third-order valence-corrected chi connectivity index (χ3v) is 2.56. The minimum absolute atomic E-state index is 0.652. The van der Waals surface area contributed by atoms with Gasteiger partial charge < -0.3 is 10.5 Å². The van der Waals surface area contributed by atoms with Crippen LogP contribution < -0.4 is 10.5 Å². The Bertz CT molecular complexity index is 279. The van der Waals surface area contributed by atoms with Gasteiger partial charge >= 0.3 is 0 Å². The first-order valence-corrected chi connectivity index (χ1v) is 5.57. The molecule has 0 aliphatic carbocycles. The summed E-state index contributed by atoms with van der Waals surface area (Å²) >= 11 is 3.41. The molecule has 0 spiro atoms. The first-order valence-electron chi connectivity index (χ1n) is 4.78. The summed E-state index contributed by atoms with van der Waals surface area (Å²) in [5.74, 6) is 1.41. The van der Waals surface area contributed by atoms with Gasteiger partial charge in [-0.05, 0) is 40.4 Å². The van der Waals surface area contributed by atoms with E-state index in [0.717, 1.165) is 16.6 Å². The summed E-state index contributed by atoms with van der Waals surface area (Å²) in [5, 5.41) is 0. The van der Waals surface area contributed by atoms with Gasteiger partial charge in [0.15, 0.2) is 5.75 Å². The van der Waals surface area contributed by atoms with Crippen LogP contribution in [-0.4, -0.2) is 6.61 Å². The maximum absolute atomic E-state index is 5.78. The van der Waals surface area contributed by atoms with Gasteiger partial charge in [-0.3, -0.25) is 0 Å². The Kier molecular flexibility index (Phi) is 4.26. The highest BCUT2D eigenvalue weighted by Crippen LogP contribution is 2.30. The van der Waals surface area contributed by atoms with Crippen molar-refractivity contribution in [3.05, 3.63) is 22.7 Å². The smallest absolute Gasteiger partial charge is 0.156 e. The van der Waals surface area contributed by atoms with E-state index in [1.54, 1.807) is 0 Å². The van der Waals surface area contributed by atoms with Crippen LogP contribution in [0.4, 0.5) is 5.69 Å².